The third-order valence-corrected chi connectivity index (χ3v) is 10.8. The average Bonchev–Trinajstić information content (AvgIpc) is 3.08. The van der Waals surface area contributed by atoms with Gasteiger partial charge in [0.2, 0.25) is 5.91 Å². The summed E-state index contributed by atoms with van der Waals surface area (Å²) in [6.07, 6.45) is 43.3. The number of aliphatic hydroxyl groups is 1. The van der Waals surface area contributed by atoms with E-state index in [1.807, 2.05) is 0 Å². The van der Waals surface area contributed by atoms with Crippen LogP contribution in [0, 0.1) is 0 Å². The van der Waals surface area contributed by atoms with Crippen molar-refractivity contribution in [3.05, 3.63) is 0 Å². The molecule has 9 nitrogen and oxygen atoms in total. The van der Waals surface area contributed by atoms with E-state index in [4.69, 9.17) is 0 Å². The number of nitrogens with one attached hydrogen (secondary N) is 1. The molecule has 1 amide bonds. The lowest BCUT2D eigenvalue weighted by atomic mass is 10.0. The lowest BCUT2D eigenvalue weighted by molar-refractivity contribution is -0.342. The highest BCUT2D eigenvalue weighted by Gasteiger charge is 2.22. The van der Waals surface area contributed by atoms with Gasteiger partial charge in [-0.15, -0.1) is 0 Å². The summed E-state index contributed by atoms with van der Waals surface area (Å²) in [5.41, 5.74) is 0. The van der Waals surface area contributed by atoms with E-state index >= 15 is 0 Å². The van der Waals surface area contributed by atoms with Crippen LogP contribution in [0.2, 0.25) is 0 Å². The van der Waals surface area contributed by atoms with Gasteiger partial charge in [-0.25, -0.2) is 0 Å². The molecular weight excluding hydrogens is 673 g/mol. The normalized spacial score (nSPS) is 12.6. The Hall–Kier alpha value is -0.540. The van der Waals surface area contributed by atoms with Crippen molar-refractivity contribution < 1.29 is 28.8 Å². The Morgan fingerprint density at radius 2 is 0.788 bits per heavy atom. The van der Waals surface area contributed by atoms with Crippen LogP contribution < -0.4 is 27.4 Å². The molecule has 0 aromatic heterocycles. The summed E-state index contributed by atoms with van der Waals surface area (Å²) in [5, 5.41) is 13.4. The maximum Gasteiger partial charge on any atom is 0.220 e. The summed E-state index contributed by atoms with van der Waals surface area (Å²) >= 11 is 0. The Bertz CT molecular complexity index is 757. The lowest BCUT2D eigenvalue weighted by Crippen LogP contribution is -2.46. The molecule has 0 aliphatic rings. The minimum Gasteiger partial charge on any atom is -0.790 e. The molecule has 0 aliphatic carbocycles. The molecule has 316 valence electrons. The van der Waals surface area contributed by atoms with Gasteiger partial charge in [-0.05, 0) is 12.8 Å². The van der Waals surface area contributed by atoms with Crippen molar-refractivity contribution in [2.24, 2.45) is 0 Å². The third kappa shape index (κ3) is 43.9. The summed E-state index contributed by atoms with van der Waals surface area (Å²) in [7, 11) is -5.18. The van der Waals surface area contributed by atoms with Gasteiger partial charge in [0.25, 0.3) is 0 Å². The average molecular weight is 766 g/mol. The molecule has 0 radical (unpaired) electrons. The van der Waals surface area contributed by atoms with E-state index in [0.717, 1.165) is 38.5 Å². The molecule has 10 N–H and O–H groups in total. The van der Waals surface area contributed by atoms with Crippen molar-refractivity contribution in [3.8, 4) is 0 Å². The molecule has 2 unspecified atom stereocenters. The minimum absolute atomic E-state index is 0. The van der Waals surface area contributed by atoms with Gasteiger partial charge in [0, 0.05) is 6.42 Å². The van der Waals surface area contributed by atoms with Gasteiger partial charge < -0.3 is 41.6 Å². The fourth-order valence-corrected chi connectivity index (χ4v) is 7.33. The summed E-state index contributed by atoms with van der Waals surface area (Å²) in [6.45, 7) is 4.01. The van der Waals surface area contributed by atoms with Crippen molar-refractivity contribution in [2.45, 2.75) is 257 Å². The zero-order valence-electron chi connectivity index (χ0n) is 35.3. The molecule has 0 saturated heterocycles. The smallest absolute Gasteiger partial charge is 0.220 e. The van der Waals surface area contributed by atoms with Crippen LogP contribution in [0.25, 0.3) is 0 Å². The van der Waals surface area contributed by atoms with Gasteiger partial charge >= 0.3 is 0 Å². The Kier molecular flexibility index (Phi) is 46.3. The predicted molar refractivity (Wildman–Crippen MR) is 221 cm³/mol. The van der Waals surface area contributed by atoms with Crippen LogP contribution in [-0.4, -0.2) is 29.8 Å². The lowest BCUT2D eigenvalue weighted by Gasteiger charge is -2.32. The first kappa shape index (κ1) is 55.8. The molecular formula is C42H92N3O6P. The minimum atomic E-state index is -5.18. The van der Waals surface area contributed by atoms with Gasteiger partial charge in [0.15, 0.2) is 0 Å². The Morgan fingerprint density at radius 1 is 0.519 bits per heavy atom. The Morgan fingerprint density at radius 3 is 1.08 bits per heavy atom. The number of hydrogen-bond acceptors (Lipinski definition) is 6. The van der Waals surface area contributed by atoms with Gasteiger partial charge in [-0.2, -0.15) is 0 Å². The van der Waals surface area contributed by atoms with Crippen LogP contribution in [0.4, 0.5) is 0 Å². The van der Waals surface area contributed by atoms with Crippen LogP contribution in [0.15, 0.2) is 0 Å². The SMILES string of the molecule is CCCCCCCCCCCCCCCCCCCCCCCC(=O)NC(COP(=O)([O-])[O-])C(O)CCCCCCCCCCCCCCC.[NH4+].[NH4+]. The predicted octanol–water partition coefficient (Wildman–Crippen LogP) is 12.5. The van der Waals surface area contributed by atoms with Crippen LogP contribution in [0.3, 0.4) is 0 Å². The van der Waals surface area contributed by atoms with Crippen molar-refractivity contribution in [1.82, 2.24) is 17.6 Å². The molecule has 0 aliphatic heterocycles. The van der Waals surface area contributed by atoms with Crippen molar-refractivity contribution >= 4 is 13.7 Å². The van der Waals surface area contributed by atoms with E-state index in [2.05, 4.69) is 23.7 Å². The van der Waals surface area contributed by atoms with E-state index in [-0.39, 0.29) is 18.2 Å². The van der Waals surface area contributed by atoms with Crippen LogP contribution >= 0.6 is 7.82 Å². The quantitative estimate of drug-likeness (QED) is 0.0353. The highest BCUT2D eigenvalue weighted by atomic mass is 31.2. The second-order valence-corrected chi connectivity index (χ2v) is 16.5. The first-order valence-electron chi connectivity index (χ1n) is 21.9. The van der Waals surface area contributed by atoms with E-state index in [1.54, 1.807) is 0 Å². The largest absolute Gasteiger partial charge is 0.790 e. The molecule has 2 atom stereocenters. The number of phosphoric acid groups is 1. The van der Waals surface area contributed by atoms with Gasteiger partial charge in [-0.1, -0.05) is 226 Å². The molecule has 0 spiro atoms. The van der Waals surface area contributed by atoms with Crippen LogP contribution in [0.5, 0.6) is 0 Å². The highest BCUT2D eigenvalue weighted by Crippen LogP contribution is 2.25. The van der Waals surface area contributed by atoms with E-state index < -0.39 is 26.6 Å². The number of aliphatic hydroxyl groups excluding tert-OH is 1. The first-order valence-corrected chi connectivity index (χ1v) is 23.4. The number of unbranched alkanes of at least 4 members (excludes halogenated alkanes) is 32. The fraction of sp³-hybridized carbons (Fsp3) is 0.976. The molecule has 0 bridgehead atoms. The highest BCUT2D eigenvalue weighted by molar-refractivity contribution is 7.43. The summed E-state index contributed by atoms with van der Waals surface area (Å²) < 4.78 is 15.5. The van der Waals surface area contributed by atoms with E-state index in [0.29, 0.717) is 12.8 Å². The maximum atomic E-state index is 12.6. The van der Waals surface area contributed by atoms with Crippen LogP contribution in [-0.2, 0) is 13.9 Å². The maximum absolute atomic E-state index is 12.6. The monoisotopic (exact) mass is 766 g/mol. The fourth-order valence-electron chi connectivity index (χ4n) is 6.99. The topological polar surface area (TPSA) is 195 Å². The Labute approximate surface area is 323 Å². The first-order chi connectivity index (χ1) is 24.3. The van der Waals surface area contributed by atoms with Crippen LogP contribution in [0.1, 0.15) is 245 Å². The molecule has 0 fully saturated rings. The molecule has 0 aromatic carbocycles. The number of rotatable bonds is 41. The zero-order chi connectivity index (χ0) is 36.8. The second kappa shape index (κ2) is 43.2. The van der Waals surface area contributed by atoms with Gasteiger partial charge in [0.05, 0.1) is 26.6 Å². The molecule has 0 heterocycles. The summed E-state index contributed by atoms with van der Waals surface area (Å²) in [4.78, 5) is 34.7. The second-order valence-electron chi connectivity index (χ2n) is 15.3. The summed E-state index contributed by atoms with van der Waals surface area (Å²) in [5.74, 6) is -0.229. The molecule has 52 heavy (non-hydrogen) atoms. The van der Waals surface area contributed by atoms with Crippen molar-refractivity contribution in [3.63, 3.8) is 0 Å². The standard InChI is InChI=1S/C42H86NO6P.2H3N/c1-3-5-7-9-11-13-15-17-18-19-20-21-22-23-24-26-28-30-32-34-36-38-42(45)43-40(39-49-50(46,47)48)41(44)37-35-33-31-29-27-25-16-14-12-10-8-6-4-2;;/h40-41,44H,3-39H2,1-2H3,(H,43,45)(H2,46,47,48);2*1H3. The zero-order valence-corrected chi connectivity index (χ0v) is 36.1. The number of quaternary nitrogens is 2. The number of carbonyl (C=O) groups excluding carboxylic acids is 1. The number of hydrogen-bond donors (Lipinski definition) is 4. The molecule has 10 heteroatoms. The summed E-state index contributed by atoms with van der Waals surface area (Å²) in [6, 6.07) is -0.897. The third-order valence-electron chi connectivity index (χ3n) is 10.3. The molecule has 0 aromatic rings. The molecule has 0 rings (SSSR count). The van der Waals surface area contributed by atoms with Gasteiger partial charge in [0.1, 0.15) is 0 Å². The number of amides is 1. The number of carbonyl (C=O) groups is 1. The van der Waals surface area contributed by atoms with Crippen molar-refractivity contribution in [2.75, 3.05) is 6.61 Å². The van der Waals surface area contributed by atoms with Gasteiger partial charge in [-0.3, -0.25) is 4.79 Å². The van der Waals surface area contributed by atoms with E-state index in [9.17, 15) is 24.3 Å². The number of phosphoric ester groups is 1. The van der Waals surface area contributed by atoms with Crippen molar-refractivity contribution in [1.29, 1.82) is 0 Å². The van der Waals surface area contributed by atoms with E-state index in [1.165, 1.54) is 180 Å². The molecule has 0 saturated carbocycles. The Balaban J connectivity index is -0.0000120.